The molecule has 1 aromatic heterocycles. The van der Waals surface area contributed by atoms with Crippen molar-refractivity contribution >= 4 is 34.8 Å². The number of carbonyl (C=O) groups excluding carboxylic acids is 1. The molecule has 1 aliphatic carbocycles. The highest BCUT2D eigenvalue weighted by molar-refractivity contribution is 7.11. The number of thiophene rings is 1. The van der Waals surface area contributed by atoms with E-state index in [9.17, 15) is 4.79 Å². The molecule has 5 rings (SSSR count). The van der Waals surface area contributed by atoms with Crippen LogP contribution in [0.5, 0.6) is 11.5 Å². The van der Waals surface area contributed by atoms with Gasteiger partial charge in [-0.15, -0.1) is 11.3 Å². The lowest BCUT2D eigenvalue weighted by molar-refractivity contribution is 0.103. The predicted octanol–water partition coefficient (Wildman–Crippen LogP) is 7.91. The van der Waals surface area contributed by atoms with E-state index in [1.807, 2.05) is 54.6 Å². The summed E-state index contributed by atoms with van der Waals surface area (Å²) in [5.41, 5.74) is 4.65. The van der Waals surface area contributed by atoms with Gasteiger partial charge >= 0.3 is 0 Å². The van der Waals surface area contributed by atoms with Crippen LogP contribution in [0.15, 0.2) is 89.8 Å². The third-order valence-corrected chi connectivity index (χ3v) is 6.75. The largest absolute Gasteiger partial charge is 0.457 e. The van der Waals surface area contributed by atoms with Crippen LogP contribution in [0.3, 0.4) is 0 Å². The number of hydrogen-bond donors (Lipinski definition) is 0. The molecule has 31 heavy (non-hydrogen) atoms. The third kappa shape index (κ3) is 3.71. The van der Waals surface area contributed by atoms with E-state index in [4.69, 9.17) is 16.3 Å². The average molecular weight is 443 g/mol. The Balaban J connectivity index is 1.66. The van der Waals surface area contributed by atoms with Gasteiger partial charge in [-0.2, -0.15) is 0 Å². The molecular weight excluding hydrogens is 424 g/mol. The molecule has 1 atom stereocenters. The Morgan fingerprint density at radius 2 is 1.71 bits per heavy atom. The summed E-state index contributed by atoms with van der Waals surface area (Å²) in [7, 11) is 0. The van der Waals surface area contributed by atoms with Crippen LogP contribution in [0.4, 0.5) is 0 Å². The van der Waals surface area contributed by atoms with Crippen molar-refractivity contribution in [1.82, 2.24) is 0 Å². The van der Waals surface area contributed by atoms with Gasteiger partial charge in [0.2, 0.25) is 0 Å². The van der Waals surface area contributed by atoms with Gasteiger partial charge < -0.3 is 4.74 Å². The van der Waals surface area contributed by atoms with Crippen LogP contribution in [0.25, 0.3) is 6.08 Å². The van der Waals surface area contributed by atoms with E-state index in [1.165, 1.54) is 5.56 Å². The summed E-state index contributed by atoms with van der Waals surface area (Å²) in [6, 6.07) is 25.3. The molecule has 1 aliphatic rings. The van der Waals surface area contributed by atoms with Gasteiger partial charge in [0.05, 0.1) is 5.56 Å². The number of benzene rings is 3. The molecule has 1 heterocycles. The zero-order valence-corrected chi connectivity index (χ0v) is 18.4. The Morgan fingerprint density at radius 1 is 0.935 bits per heavy atom. The van der Waals surface area contributed by atoms with Crippen molar-refractivity contribution in [3.8, 4) is 11.5 Å². The number of rotatable bonds is 4. The number of Topliss-reactive ketones (excluding diaryl/α,β-unsaturated/α-hetero) is 1. The van der Waals surface area contributed by atoms with Gasteiger partial charge in [0.1, 0.15) is 11.5 Å². The quantitative estimate of drug-likeness (QED) is 0.300. The molecule has 0 bridgehead atoms. The monoisotopic (exact) mass is 442 g/mol. The molecule has 0 unspecified atom stereocenters. The summed E-state index contributed by atoms with van der Waals surface area (Å²) in [4.78, 5) is 14.8. The molecule has 0 radical (unpaired) electrons. The second kappa shape index (κ2) is 8.18. The summed E-state index contributed by atoms with van der Waals surface area (Å²) in [5, 5.41) is 2.70. The minimum Gasteiger partial charge on any atom is -0.457 e. The Morgan fingerprint density at radius 3 is 2.42 bits per heavy atom. The van der Waals surface area contributed by atoms with Crippen LogP contribution in [0, 0.1) is 6.92 Å². The lowest BCUT2D eigenvalue weighted by Gasteiger charge is -2.14. The normalized spacial score (nSPS) is 16.5. The Hall–Kier alpha value is -3.14. The van der Waals surface area contributed by atoms with Crippen LogP contribution in [0.2, 0.25) is 5.02 Å². The van der Waals surface area contributed by atoms with Gasteiger partial charge in [-0.05, 0) is 71.5 Å². The maximum Gasteiger partial charge on any atom is 0.194 e. The Bertz CT molecular complexity index is 1290. The van der Waals surface area contributed by atoms with Gasteiger partial charge in [-0.1, -0.05) is 54.1 Å². The molecule has 0 saturated heterocycles. The van der Waals surface area contributed by atoms with E-state index in [0.29, 0.717) is 22.1 Å². The average Bonchev–Trinajstić information content (AvgIpc) is 3.32. The number of carbonyl (C=O) groups is 1. The SMILES string of the molecule is Cc1ccsc1/C=C1\C(=O)c2c(Oc3ccc(Cl)cc3)cccc2[C@H]1c1ccccc1. The number of halogens is 1. The lowest BCUT2D eigenvalue weighted by atomic mass is 9.89. The summed E-state index contributed by atoms with van der Waals surface area (Å²) in [5.74, 6) is 1.10. The maximum atomic E-state index is 13.7. The molecule has 4 heteroatoms. The van der Waals surface area contributed by atoms with Gasteiger partial charge in [0, 0.05) is 21.4 Å². The van der Waals surface area contributed by atoms with E-state index in [0.717, 1.165) is 21.6 Å². The van der Waals surface area contributed by atoms with Gasteiger partial charge in [-0.3, -0.25) is 4.79 Å². The highest BCUT2D eigenvalue weighted by Gasteiger charge is 2.38. The Labute approximate surface area is 190 Å². The fourth-order valence-electron chi connectivity index (χ4n) is 4.02. The molecule has 4 aromatic rings. The van der Waals surface area contributed by atoms with Crippen LogP contribution in [0.1, 0.15) is 37.8 Å². The van der Waals surface area contributed by atoms with Crippen LogP contribution in [-0.2, 0) is 0 Å². The molecule has 2 nitrogen and oxygen atoms in total. The first-order chi connectivity index (χ1) is 15.1. The minimum absolute atomic E-state index is 0.0150. The maximum absolute atomic E-state index is 13.7. The molecule has 0 spiro atoms. The van der Waals surface area contributed by atoms with Gasteiger partial charge in [0.25, 0.3) is 0 Å². The smallest absolute Gasteiger partial charge is 0.194 e. The first-order valence-corrected chi connectivity index (χ1v) is 11.3. The second-order valence-corrected chi connectivity index (χ2v) is 8.90. The number of aryl methyl sites for hydroxylation is 1. The van der Waals surface area contributed by atoms with Gasteiger partial charge in [0.15, 0.2) is 5.78 Å². The molecule has 0 saturated carbocycles. The van der Waals surface area contributed by atoms with E-state index in [2.05, 4.69) is 30.5 Å². The van der Waals surface area contributed by atoms with Crippen molar-refractivity contribution < 1.29 is 9.53 Å². The second-order valence-electron chi connectivity index (χ2n) is 7.52. The Kier molecular flexibility index (Phi) is 5.23. The first-order valence-electron chi connectivity index (χ1n) is 10.0. The van der Waals surface area contributed by atoms with Crippen LogP contribution >= 0.6 is 22.9 Å². The molecule has 0 amide bonds. The summed E-state index contributed by atoms with van der Waals surface area (Å²) in [6.45, 7) is 2.07. The number of ketones is 1. The summed E-state index contributed by atoms with van der Waals surface area (Å²) in [6.07, 6.45) is 2.05. The van der Waals surface area contributed by atoms with Crippen molar-refractivity contribution in [1.29, 1.82) is 0 Å². The fourth-order valence-corrected chi connectivity index (χ4v) is 5.01. The highest BCUT2D eigenvalue weighted by Crippen LogP contribution is 2.47. The molecule has 0 fully saturated rings. The zero-order valence-electron chi connectivity index (χ0n) is 16.8. The molecule has 0 N–H and O–H groups in total. The van der Waals surface area contributed by atoms with E-state index in [-0.39, 0.29) is 11.7 Å². The topological polar surface area (TPSA) is 26.3 Å². The van der Waals surface area contributed by atoms with E-state index < -0.39 is 0 Å². The number of hydrogen-bond acceptors (Lipinski definition) is 3. The van der Waals surface area contributed by atoms with Crippen molar-refractivity contribution in [3.63, 3.8) is 0 Å². The molecular formula is C27H19ClO2S. The minimum atomic E-state index is -0.126. The standard InChI is InChI=1S/C27H19ClO2S/c1-17-14-15-31-24(17)16-22-25(18-6-3-2-4-7-18)21-8-5-9-23(26(21)27(22)29)30-20-12-10-19(28)11-13-20/h2-16,25H,1H3/b22-16-/t25-/m1/s1. The van der Waals surface area contributed by atoms with E-state index >= 15 is 0 Å². The van der Waals surface area contributed by atoms with Crippen molar-refractivity contribution in [3.05, 3.63) is 122 Å². The highest BCUT2D eigenvalue weighted by atomic mass is 35.5. The number of ether oxygens (including phenoxy) is 1. The predicted molar refractivity (Wildman–Crippen MR) is 128 cm³/mol. The first kappa shape index (κ1) is 19.8. The molecule has 0 aliphatic heterocycles. The fraction of sp³-hybridized carbons (Fsp3) is 0.0741. The third-order valence-electron chi connectivity index (χ3n) is 5.53. The number of fused-ring (bicyclic) bond motifs is 1. The van der Waals surface area contributed by atoms with E-state index in [1.54, 1.807) is 23.5 Å². The summed E-state index contributed by atoms with van der Waals surface area (Å²) >= 11 is 7.65. The van der Waals surface area contributed by atoms with Crippen molar-refractivity contribution in [2.45, 2.75) is 12.8 Å². The van der Waals surface area contributed by atoms with Gasteiger partial charge in [-0.25, -0.2) is 0 Å². The number of allylic oxidation sites excluding steroid dienone is 1. The molecule has 152 valence electrons. The summed E-state index contributed by atoms with van der Waals surface area (Å²) < 4.78 is 6.13. The van der Waals surface area contributed by atoms with Crippen molar-refractivity contribution in [2.24, 2.45) is 0 Å². The van der Waals surface area contributed by atoms with Crippen LogP contribution in [-0.4, -0.2) is 5.78 Å². The van der Waals surface area contributed by atoms with Crippen LogP contribution < -0.4 is 4.74 Å². The molecule has 3 aromatic carbocycles. The van der Waals surface area contributed by atoms with Crippen molar-refractivity contribution in [2.75, 3.05) is 0 Å². The lowest BCUT2D eigenvalue weighted by Crippen LogP contribution is -2.02. The zero-order chi connectivity index (χ0) is 21.4.